The number of aromatic nitrogens is 1. The van der Waals surface area contributed by atoms with Gasteiger partial charge in [-0.1, -0.05) is 25.1 Å². The number of nitrogens with zero attached hydrogens (tertiary/aromatic N) is 1. The lowest BCUT2D eigenvalue weighted by Gasteiger charge is -2.25. The van der Waals surface area contributed by atoms with Crippen LogP contribution in [0.3, 0.4) is 0 Å². The molecule has 0 spiro atoms. The third-order valence-corrected chi connectivity index (χ3v) is 3.33. The Hall–Kier alpha value is -1.32. The zero-order valence-corrected chi connectivity index (χ0v) is 10.7. The number of hydrogen-bond donors (Lipinski definition) is 1. The summed E-state index contributed by atoms with van der Waals surface area (Å²) in [5.41, 5.74) is 2.50. The third kappa shape index (κ3) is 2.51. The maximum absolute atomic E-state index is 5.54. The van der Waals surface area contributed by atoms with E-state index in [0.29, 0.717) is 0 Å². The quantitative estimate of drug-likeness (QED) is 0.803. The van der Waals surface area contributed by atoms with Crippen LogP contribution in [0, 0.1) is 0 Å². The Morgan fingerprint density at radius 1 is 1.35 bits per heavy atom. The lowest BCUT2D eigenvalue weighted by Crippen LogP contribution is -2.34. The van der Waals surface area contributed by atoms with Crippen molar-refractivity contribution in [3.63, 3.8) is 0 Å². The Kier molecular flexibility index (Phi) is 3.82. The molecule has 3 heteroatoms. The molecule has 2 aromatic rings. The molecular weight excluding hydrogens is 212 g/mol. The first kappa shape index (κ1) is 12.1. The Morgan fingerprint density at radius 2 is 2.12 bits per heavy atom. The van der Waals surface area contributed by atoms with E-state index < -0.39 is 0 Å². The highest BCUT2D eigenvalue weighted by molar-refractivity contribution is 5.83. The van der Waals surface area contributed by atoms with Gasteiger partial charge in [-0.2, -0.15) is 0 Å². The van der Waals surface area contributed by atoms with Gasteiger partial charge in [0.25, 0.3) is 0 Å². The van der Waals surface area contributed by atoms with Crippen LogP contribution in [0.25, 0.3) is 10.9 Å². The molecule has 0 radical (unpaired) electrons. The Balaban J connectivity index is 2.22. The van der Waals surface area contributed by atoms with Crippen molar-refractivity contribution in [2.75, 3.05) is 20.7 Å². The van der Waals surface area contributed by atoms with E-state index in [-0.39, 0.29) is 6.23 Å². The first-order valence-corrected chi connectivity index (χ1v) is 6.04. The van der Waals surface area contributed by atoms with Crippen molar-refractivity contribution in [3.8, 4) is 0 Å². The third-order valence-electron chi connectivity index (χ3n) is 3.33. The number of fused-ring (bicyclic) bond motifs is 1. The molecule has 1 aromatic heterocycles. The predicted octanol–water partition coefficient (Wildman–Crippen LogP) is 2.63. The topological polar surface area (TPSA) is 28.3 Å². The largest absolute Gasteiger partial charge is 0.366 e. The maximum Gasteiger partial charge on any atom is 0.114 e. The summed E-state index contributed by atoms with van der Waals surface area (Å²) < 4.78 is 5.54. The van der Waals surface area contributed by atoms with Crippen LogP contribution in [0.15, 0.2) is 30.5 Å². The number of rotatable bonds is 5. The van der Waals surface area contributed by atoms with Crippen molar-refractivity contribution < 1.29 is 4.74 Å². The number of ether oxygens (including phenoxy) is 1. The number of para-hydroxylation sites is 1. The molecule has 0 bridgehead atoms. The zero-order valence-electron chi connectivity index (χ0n) is 10.7. The molecule has 17 heavy (non-hydrogen) atoms. The van der Waals surface area contributed by atoms with Crippen LogP contribution < -0.4 is 0 Å². The van der Waals surface area contributed by atoms with Crippen LogP contribution in [0.2, 0.25) is 0 Å². The average Bonchev–Trinajstić information content (AvgIpc) is 2.78. The molecule has 0 amide bonds. The Morgan fingerprint density at radius 3 is 2.82 bits per heavy atom. The number of methoxy groups -OCH3 is 1. The van der Waals surface area contributed by atoms with Crippen molar-refractivity contribution in [1.29, 1.82) is 0 Å². The van der Waals surface area contributed by atoms with Crippen LogP contribution >= 0.6 is 0 Å². The molecule has 1 atom stereocenters. The molecule has 92 valence electrons. The normalized spacial score (nSPS) is 13.4. The van der Waals surface area contributed by atoms with E-state index in [1.807, 2.05) is 0 Å². The van der Waals surface area contributed by atoms with E-state index in [1.54, 1.807) is 7.11 Å². The van der Waals surface area contributed by atoms with Gasteiger partial charge < -0.3 is 9.72 Å². The smallest absolute Gasteiger partial charge is 0.114 e. The molecule has 2 rings (SSSR count). The molecule has 1 unspecified atom stereocenters. The minimum atomic E-state index is 0.138. The van der Waals surface area contributed by atoms with E-state index in [9.17, 15) is 0 Å². The monoisotopic (exact) mass is 232 g/mol. The fraction of sp³-hybridized carbons (Fsp3) is 0.429. The van der Waals surface area contributed by atoms with Crippen molar-refractivity contribution >= 4 is 10.9 Å². The van der Waals surface area contributed by atoms with E-state index in [1.165, 1.54) is 16.5 Å². The van der Waals surface area contributed by atoms with E-state index >= 15 is 0 Å². The van der Waals surface area contributed by atoms with Crippen molar-refractivity contribution in [2.45, 2.75) is 19.6 Å². The SMILES string of the molecule is CCN(C)C(Cc1c[nH]c2ccccc12)OC. The molecule has 0 aliphatic carbocycles. The van der Waals surface area contributed by atoms with Gasteiger partial charge in [-0.3, -0.25) is 4.90 Å². The number of H-pyrrole nitrogens is 1. The van der Waals surface area contributed by atoms with Gasteiger partial charge in [-0.05, 0) is 25.2 Å². The zero-order chi connectivity index (χ0) is 12.3. The average molecular weight is 232 g/mol. The highest BCUT2D eigenvalue weighted by Gasteiger charge is 2.14. The summed E-state index contributed by atoms with van der Waals surface area (Å²) in [6.45, 7) is 3.13. The standard InChI is InChI=1S/C14H20N2O/c1-4-16(2)14(17-3)9-11-10-15-13-8-6-5-7-12(11)13/h5-8,10,14-15H,4,9H2,1-3H3. The number of aromatic amines is 1. The van der Waals surface area contributed by atoms with E-state index in [4.69, 9.17) is 4.74 Å². The fourth-order valence-corrected chi connectivity index (χ4v) is 2.11. The van der Waals surface area contributed by atoms with Gasteiger partial charge >= 0.3 is 0 Å². The molecule has 0 aliphatic heterocycles. The minimum Gasteiger partial charge on any atom is -0.366 e. The first-order valence-electron chi connectivity index (χ1n) is 6.04. The summed E-state index contributed by atoms with van der Waals surface area (Å²) in [5, 5.41) is 1.29. The highest BCUT2D eigenvalue weighted by Crippen LogP contribution is 2.20. The summed E-state index contributed by atoms with van der Waals surface area (Å²) in [6, 6.07) is 8.38. The molecule has 0 fully saturated rings. The van der Waals surface area contributed by atoms with Crippen LogP contribution in [-0.4, -0.2) is 36.8 Å². The van der Waals surface area contributed by atoms with Crippen molar-refractivity contribution in [1.82, 2.24) is 9.88 Å². The molecule has 0 aliphatic rings. The van der Waals surface area contributed by atoms with E-state index in [2.05, 4.69) is 54.3 Å². The van der Waals surface area contributed by atoms with Gasteiger partial charge in [0, 0.05) is 30.6 Å². The van der Waals surface area contributed by atoms with Crippen LogP contribution in [-0.2, 0) is 11.2 Å². The molecule has 0 saturated carbocycles. The summed E-state index contributed by atoms with van der Waals surface area (Å²) in [6.07, 6.45) is 3.13. The molecule has 1 aromatic carbocycles. The molecular formula is C14H20N2O. The Labute approximate surface area is 102 Å². The summed E-state index contributed by atoms with van der Waals surface area (Å²) in [4.78, 5) is 5.51. The van der Waals surface area contributed by atoms with Crippen molar-refractivity contribution in [3.05, 3.63) is 36.0 Å². The highest BCUT2D eigenvalue weighted by atomic mass is 16.5. The molecule has 1 N–H and O–H groups in total. The number of benzene rings is 1. The van der Waals surface area contributed by atoms with Crippen LogP contribution in [0.5, 0.6) is 0 Å². The first-order chi connectivity index (χ1) is 8.26. The van der Waals surface area contributed by atoms with Gasteiger partial charge in [-0.15, -0.1) is 0 Å². The predicted molar refractivity (Wildman–Crippen MR) is 71.1 cm³/mol. The molecule has 3 nitrogen and oxygen atoms in total. The van der Waals surface area contributed by atoms with Gasteiger partial charge in [0.15, 0.2) is 0 Å². The van der Waals surface area contributed by atoms with Crippen LogP contribution in [0.1, 0.15) is 12.5 Å². The van der Waals surface area contributed by atoms with E-state index in [0.717, 1.165) is 13.0 Å². The van der Waals surface area contributed by atoms with Gasteiger partial charge in [-0.25, -0.2) is 0 Å². The number of likely N-dealkylation sites (N-methyl/N-ethyl adjacent to an activating group) is 1. The molecule has 1 heterocycles. The second kappa shape index (κ2) is 5.34. The fourth-order valence-electron chi connectivity index (χ4n) is 2.11. The summed E-state index contributed by atoms with van der Waals surface area (Å²) >= 11 is 0. The van der Waals surface area contributed by atoms with Gasteiger partial charge in [0.2, 0.25) is 0 Å². The van der Waals surface area contributed by atoms with Gasteiger partial charge in [0.1, 0.15) is 6.23 Å². The van der Waals surface area contributed by atoms with Crippen LogP contribution in [0.4, 0.5) is 0 Å². The summed E-state index contributed by atoms with van der Waals surface area (Å²) in [7, 11) is 3.86. The molecule has 0 saturated heterocycles. The lowest BCUT2D eigenvalue weighted by molar-refractivity contribution is -0.0138. The summed E-state index contributed by atoms with van der Waals surface area (Å²) in [5.74, 6) is 0. The minimum absolute atomic E-state index is 0.138. The second-order valence-corrected chi connectivity index (χ2v) is 4.33. The lowest BCUT2D eigenvalue weighted by atomic mass is 10.1. The number of hydrogen-bond acceptors (Lipinski definition) is 2. The maximum atomic E-state index is 5.54. The Bertz CT molecular complexity index is 478. The van der Waals surface area contributed by atoms with Gasteiger partial charge in [0.05, 0.1) is 0 Å². The second-order valence-electron chi connectivity index (χ2n) is 4.33. The van der Waals surface area contributed by atoms with Crippen molar-refractivity contribution in [2.24, 2.45) is 0 Å². The number of nitrogens with one attached hydrogen (secondary N) is 1.